The maximum atomic E-state index is 12.3. The molecule has 0 aliphatic rings. The van der Waals surface area contributed by atoms with Crippen LogP contribution in [-0.2, 0) is 13.1 Å². The highest BCUT2D eigenvalue weighted by atomic mass is 19.4. The van der Waals surface area contributed by atoms with Crippen molar-refractivity contribution in [2.45, 2.75) is 19.3 Å². The van der Waals surface area contributed by atoms with Crippen LogP contribution in [0.15, 0.2) is 41.5 Å². The van der Waals surface area contributed by atoms with Crippen LogP contribution in [0.5, 0.6) is 17.4 Å². The molecule has 0 aliphatic heterocycles. The molecule has 0 bridgehead atoms. The van der Waals surface area contributed by atoms with Crippen molar-refractivity contribution in [1.82, 2.24) is 15.2 Å². The first kappa shape index (κ1) is 23.1. The SMILES string of the molecule is CN=C(NCc1ccnc(OCC(F)(F)F)c1)N(C)Cc1ccc(OC)cc1OC. The summed E-state index contributed by atoms with van der Waals surface area (Å²) >= 11 is 0. The minimum atomic E-state index is -4.41. The number of benzene rings is 1. The molecular weight excluding hydrogens is 401 g/mol. The largest absolute Gasteiger partial charge is 0.497 e. The summed E-state index contributed by atoms with van der Waals surface area (Å²) < 4.78 is 52.2. The highest BCUT2D eigenvalue weighted by Crippen LogP contribution is 2.25. The van der Waals surface area contributed by atoms with Gasteiger partial charge in [-0.1, -0.05) is 0 Å². The molecule has 2 aromatic rings. The fourth-order valence-electron chi connectivity index (χ4n) is 2.67. The van der Waals surface area contributed by atoms with Crippen LogP contribution in [-0.4, -0.2) is 56.9 Å². The number of guanidine groups is 1. The number of aromatic nitrogens is 1. The number of alkyl halides is 3. The lowest BCUT2D eigenvalue weighted by molar-refractivity contribution is -0.154. The highest BCUT2D eigenvalue weighted by Gasteiger charge is 2.28. The molecule has 1 N–H and O–H groups in total. The molecular formula is C20H25F3N4O3. The average Bonchev–Trinajstić information content (AvgIpc) is 2.72. The smallest absolute Gasteiger partial charge is 0.422 e. The number of rotatable bonds is 8. The van der Waals surface area contributed by atoms with Gasteiger partial charge in [-0.05, 0) is 23.8 Å². The third kappa shape index (κ3) is 7.02. The monoisotopic (exact) mass is 426 g/mol. The van der Waals surface area contributed by atoms with Crippen molar-refractivity contribution in [3.05, 3.63) is 47.7 Å². The average molecular weight is 426 g/mol. The molecule has 0 aliphatic carbocycles. The molecule has 10 heteroatoms. The zero-order valence-electron chi connectivity index (χ0n) is 17.3. The van der Waals surface area contributed by atoms with E-state index in [2.05, 4.69) is 20.0 Å². The zero-order valence-corrected chi connectivity index (χ0v) is 17.3. The van der Waals surface area contributed by atoms with Crippen LogP contribution < -0.4 is 19.5 Å². The predicted molar refractivity (Wildman–Crippen MR) is 107 cm³/mol. The Morgan fingerprint density at radius 1 is 1.17 bits per heavy atom. The van der Waals surface area contributed by atoms with Gasteiger partial charge in [-0.3, -0.25) is 4.99 Å². The minimum absolute atomic E-state index is 0.0852. The van der Waals surface area contributed by atoms with Crippen LogP contribution in [0.25, 0.3) is 0 Å². The van der Waals surface area contributed by atoms with Crippen molar-refractivity contribution in [3.8, 4) is 17.4 Å². The molecule has 0 spiro atoms. The van der Waals surface area contributed by atoms with E-state index in [1.165, 1.54) is 12.3 Å². The van der Waals surface area contributed by atoms with E-state index in [0.717, 1.165) is 5.56 Å². The molecule has 0 saturated carbocycles. The van der Waals surface area contributed by atoms with Gasteiger partial charge in [0.15, 0.2) is 12.6 Å². The van der Waals surface area contributed by atoms with Crippen LogP contribution in [0, 0.1) is 0 Å². The molecule has 1 aromatic heterocycles. The zero-order chi connectivity index (χ0) is 22.1. The van der Waals surface area contributed by atoms with Crippen molar-refractivity contribution < 1.29 is 27.4 Å². The van der Waals surface area contributed by atoms with Gasteiger partial charge in [-0.25, -0.2) is 4.98 Å². The molecule has 0 atom stereocenters. The third-order valence-electron chi connectivity index (χ3n) is 4.11. The van der Waals surface area contributed by atoms with Gasteiger partial charge in [0.25, 0.3) is 0 Å². The van der Waals surface area contributed by atoms with E-state index in [1.807, 2.05) is 24.1 Å². The molecule has 1 heterocycles. The van der Waals surface area contributed by atoms with E-state index in [9.17, 15) is 13.2 Å². The Morgan fingerprint density at radius 2 is 1.93 bits per heavy atom. The van der Waals surface area contributed by atoms with Crippen molar-refractivity contribution in [2.75, 3.05) is 34.9 Å². The van der Waals surface area contributed by atoms with E-state index in [-0.39, 0.29) is 5.88 Å². The first-order valence-electron chi connectivity index (χ1n) is 9.03. The lowest BCUT2D eigenvalue weighted by Crippen LogP contribution is -2.38. The number of nitrogens with zero attached hydrogens (tertiary/aromatic N) is 3. The Hall–Kier alpha value is -3.17. The molecule has 164 valence electrons. The van der Waals surface area contributed by atoms with E-state index >= 15 is 0 Å². The van der Waals surface area contributed by atoms with E-state index in [0.29, 0.717) is 36.1 Å². The van der Waals surface area contributed by atoms with Gasteiger partial charge in [0.05, 0.1) is 14.2 Å². The van der Waals surface area contributed by atoms with Gasteiger partial charge >= 0.3 is 6.18 Å². The van der Waals surface area contributed by atoms with Crippen LogP contribution in [0.1, 0.15) is 11.1 Å². The predicted octanol–water partition coefficient (Wildman–Crippen LogP) is 3.25. The molecule has 0 saturated heterocycles. The standard InChI is InChI=1S/C20H25F3N4O3/c1-24-19(27(2)12-15-5-6-16(28-3)10-17(15)29-4)26-11-14-7-8-25-18(9-14)30-13-20(21,22)23/h5-10H,11-13H2,1-4H3,(H,24,26). The number of hydrogen-bond donors (Lipinski definition) is 1. The fourth-order valence-corrected chi connectivity index (χ4v) is 2.67. The van der Waals surface area contributed by atoms with Crippen molar-refractivity contribution >= 4 is 5.96 Å². The normalized spacial score (nSPS) is 11.8. The first-order chi connectivity index (χ1) is 14.3. The van der Waals surface area contributed by atoms with Gasteiger partial charge in [-0.15, -0.1) is 0 Å². The molecule has 1 aromatic carbocycles. The summed E-state index contributed by atoms with van der Waals surface area (Å²) in [5.41, 5.74) is 1.65. The second-order valence-electron chi connectivity index (χ2n) is 6.34. The number of methoxy groups -OCH3 is 2. The lowest BCUT2D eigenvalue weighted by atomic mass is 10.2. The topological polar surface area (TPSA) is 68.2 Å². The van der Waals surface area contributed by atoms with Crippen LogP contribution in [0.4, 0.5) is 13.2 Å². The number of halogens is 3. The van der Waals surface area contributed by atoms with Crippen molar-refractivity contribution in [2.24, 2.45) is 4.99 Å². The Morgan fingerprint density at radius 3 is 2.57 bits per heavy atom. The Bertz CT molecular complexity index is 859. The maximum absolute atomic E-state index is 12.3. The summed E-state index contributed by atoms with van der Waals surface area (Å²) in [5, 5.41) is 3.17. The van der Waals surface area contributed by atoms with Crippen LogP contribution in [0.2, 0.25) is 0 Å². The summed E-state index contributed by atoms with van der Waals surface area (Å²) in [5.74, 6) is 1.90. The number of aliphatic imine (C=N–C) groups is 1. The van der Waals surface area contributed by atoms with Gasteiger partial charge in [0.1, 0.15) is 11.5 Å². The Balaban J connectivity index is 1.99. The van der Waals surface area contributed by atoms with E-state index in [1.54, 1.807) is 33.4 Å². The van der Waals surface area contributed by atoms with Crippen molar-refractivity contribution in [3.63, 3.8) is 0 Å². The summed E-state index contributed by atoms with van der Waals surface area (Å²) in [4.78, 5) is 9.94. The van der Waals surface area contributed by atoms with Crippen LogP contribution in [0.3, 0.4) is 0 Å². The maximum Gasteiger partial charge on any atom is 0.422 e. The Kier molecular flexibility index (Phi) is 8.14. The third-order valence-corrected chi connectivity index (χ3v) is 4.11. The first-order valence-corrected chi connectivity index (χ1v) is 9.03. The van der Waals surface area contributed by atoms with Crippen molar-refractivity contribution in [1.29, 1.82) is 0 Å². The molecule has 0 unspecified atom stereocenters. The summed E-state index contributed by atoms with van der Waals surface area (Å²) in [6.07, 6.45) is -3.01. The second-order valence-corrected chi connectivity index (χ2v) is 6.34. The molecule has 7 nitrogen and oxygen atoms in total. The number of pyridine rings is 1. The molecule has 2 rings (SSSR count). The van der Waals surface area contributed by atoms with Gasteiger partial charge in [0, 0.05) is 51.1 Å². The summed E-state index contributed by atoms with van der Waals surface area (Å²) in [6.45, 7) is -0.532. The van der Waals surface area contributed by atoms with Gasteiger partial charge in [0.2, 0.25) is 5.88 Å². The summed E-state index contributed by atoms with van der Waals surface area (Å²) in [6, 6.07) is 8.71. The summed E-state index contributed by atoms with van der Waals surface area (Å²) in [7, 11) is 6.69. The minimum Gasteiger partial charge on any atom is -0.497 e. The van der Waals surface area contributed by atoms with E-state index < -0.39 is 12.8 Å². The quantitative estimate of drug-likeness (QED) is 0.516. The number of nitrogens with one attached hydrogen (secondary N) is 1. The lowest BCUT2D eigenvalue weighted by Gasteiger charge is -2.23. The molecule has 0 radical (unpaired) electrons. The molecule has 0 amide bonds. The number of ether oxygens (including phenoxy) is 3. The van der Waals surface area contributed by atoms with Gasteiger partial charge in [-0.2, -0.15) is 13.2 Å². The highest BCUT2D eigenvalue weighted by molar-refractivity contribution is 5.79. The molecule has 0 fully saturated rings. The Labute approximate surface area is 173 Å². The second kappa shape index (κ2) is 10.6. The fraction of sp³-hybridized carbons (Fsp3) is 0.400. The van der Waals surface area contributed by atoms with Crippen LogP contribution >= 0.6 is 0 Å². The van der Waals surface area contributed by atoms with E-state index in [4.69, 9.17) is 9.47 Å². The molecule has 30 heavy (non-hydrogen) atoms. The number of hydrogen-bond acceptors (Lipinski definition) is 5. The van der Waals surface area contributed by atoms with Gasteiger partial charge < -0.3 is 24.4 Å².